The molecule has 1 aromatic rings. The largest absolute Gasteiger partial charge is 0.507 e. The normalized spacial score (nSPS) is 17.4. The molecule has 15 heavy (non-hydrogen) atoms. The van der Waals surface area contributed by atoms with E-state index in [1.807, 2.05) is 34.6 Å². The van der Waals surface area contributed by atoms with Crippen molar-refractivity contribution >= 4 is 11.8 Å². The van der Waals surface area contributed by atoms with Crippen LogP contribution in [0.3, 0.4) is 0 Å². The van der Waals surface area contributed by atoms with Gasteiger partial charge in [0, 0.05) is 5.56 Å². The van der Waals surface area contributed by atoms with Crippen LogP contribution in [0.15, 0.2) is 4.90 Å². The highest BCUT2D eigenvalue weighted by atomic mass is 32.2. The van der Waals surface area contributed by atoms with Crippen LogP contribution in [0.4, 0.5) is 0 Å². The van der Waals surface area contributed by atoms with Gasteiger partial charge in [0.15, 0.2) is 4.93 Å². The molecular weight excluding hydrogens is 208 g/mol. The van der Waals surface area contributed by atoms with Gasteiger partial charge in [-0.2, -0.15) is 0 Å². The first-order chi connectivity index (χ1) is 6.83. The Bertz CT molecular complexity index is 397. The van der Waals surface area contributed by atoms with Gasteiger partial charge < -0.3 is 9.84 Å². The molecule has 0 aliphatic carbocycles. The van der Waals surface area contributed by atoms with Crippen LogP contribution in [0, 0.1) is 20.8 Å². The standard InChI is InChI=1S/C12H16O2S/c1-6-7(2)10-11(8(3)9(6)13)15-12(4,5)14-10/h13H,1-5H3. The predicted octanol–water partition coefficient (Wildman–Crippen LogP) is 3.54. The molecule has 82 valence electrons. The van der Waals surface area contributed by atoms with Crippen molar-refractivity contribution in [3.05, 3.63) is 16.7 Å². The zero-order valence-corrected chi connectivity index (χ0v) is 10.6. The summed E-state index contributed by atoms with van der Waals surface area (Å²) in [5.41, 5.74) is 2.90. The molecule has 0 saturated heterocycles. The quantitative estimate of drug-likeness (QED) is 0.731. The van der Waals surface area contributed by atoms with E-state index in [4.69, 9.17) is 4.74 Å². The zero-order chi connectivity index (χ0) is 11.4. The molecule has 2 nitrogen and oxygen atoms in total. The minimum atomic E-state index is -0.224. The molecule has 0 saturated carbocycles. The van der Waals surface area contributed by atoms with Gasteiger partial charge in [-0.05, 0) is 45.7 Å². The molecule has 3 heteroatoms. The van der Waals surface area contributed by atoms with E-state index in [0.29, 0.717) is 5.75 Å². The molecule has 1 heterocycles. The van der Waals surface area contributed by atoms with Crippen LogP contribution in [-0.4, -0.2) is 10.0 Å². The highest BCUT2D eigenvalue weighted by Gasteiger charge is 2.35. The van der Waals surface area contributed by atoms with Crippen LogP contribution in [0.25, 0.3) is 0 Å². The van der Waals surface area contributed by atoms with E-state index in [2.05, 4.69) is 0 Å². The fraction of sp³-hybridized carbons (Fsp3) is 0.500. The zero-order valence-electron chi connectivity index (χ0n) is 9.76. The van der Waals surface area contributed by atoms with Crippen LogP contribution in [0.2, 0.25) is 0 Å². The SMILES string of the molecule is Cc1c(C)c2c(c(C)c1O)SC(C)(C)O2. The van der Waals surface area contributed by atoms with E-state index in [1.165, 1.54) is 0 Å². The molecule has 0 amide bonds. The first kappa shape index (κ1) is 10.7. The minimum absolute atomic E-state index is 0.224. The molecule has 0 fully saturated rings. The average molecular weight is 224 g/mol. The second-order valence-corrected chi connectivity index (χ2v) is 6.08. The molecule has 0 radical (unpaired) electrons. The van der Waals surface area contributed by atoms with Crippen molar-refractivity contribution in [1.29, 1.82) is 0 Å². The van der Waals surface area contributed by atoms with Gasteiger partial charge in [0.25, 0.3) is 0 Å². The molecule has 0 aromatic heterocycles. The average Bonchev–Trinajstić information content (AvgIpc) is 2.48. The molecule has 0 spiro atoms. The van der Waals surface area contributed by atoms with Gasteiger partial charge in [0.2, 0.25) is 0 Å². The van der Waals surface area contributed by atoms with E-state index in [-0.39, 0.29) is 4.93 Å². The van der Waals surface area contributed by atoms with Crippen molar-refractivity contribution in [1.82, 2.24) is 0 Å². The third-order valence-electron chi connectivity index (χ3n) is 2.86. The van der Waals surface area contributed by atoms with Crippen LogP contribution in [0.5, 0.6) is 11.5 Å². The number of phenols is 1. The Morgan fingerprint density at radius 2 is 1.67 bits per heavy atom. The minimum Gasteiger partial charge on any atom is -0.507 e. The Morgan fingerprint density at radius 3 is 2.27 bits per heavy atom. The molecule has 2 rings (SSSR count). The van der Waals surface area contributed by atoms with E-state index in [0.717, 1.165) is 27.3 Å². The van der Waals surface area contributed by atoms with E-state index in [1.54, 1.807) is 11.8 Å². The number of ether oxygens (including phenoxy) is 1. The maximum Gasteiger partial charge on any atom is 0.153 e. The van der Waals surface area contributed by atoms with Gasteiger partial charge in [0.1, 0.15) is 11.5 Å². The summed E-state index contributed by atoms with van der Waals surface area (Å²) in [5.74, 6) is 1.35. The third kappa shape index (κ3) is 1.49. The number of fused-ring (bicyclic) bond motifs is 1. The van der Waals surface area contributed by atoms with Gasteiger partial charge in [-0.15, -0.1) is 0 Å². The lowest BCUT2D eigenvalue weighted by Crippen LogP contribution is -2.18. The summed E-state index contributed by atoms with van der Waals surface area (Å²) in [6.07, 6.45) is 0. The lowest BCUT2D eigenvalue weighted by atomic mass is 10.0. The summed E-state index contributed by atoms with van der Waals surface area (Å²) >= 11 is 1.67. The summed E-state index contributed by atoms with van der Waals surface area (Å²) in [6.45, 7) is 9.96. The summed E-state index contributed by atoms with van der Waals surface area (Å²) in [6, 6.07) is 0. The number of hydrogen-bond acceptors (Lipinski definition) is 3. The van der Waals surface area contributed by atoms with Gasteiger partial charge in [-0.3, -0.25) is 0 Å². The van der Waals surface area contributed by atoms with Crippen molar-refractivity contribution < 1.29 is 9.84 Å². The van der Waals surface area contributed by atoms with E-state index < -0.39 is 0 Å². The Hall–Kier alpha value is -0.830. The lowest BCUT2D eigenvalue weighted by molar-refractivity contribution is 0.213. The maximum atomic E-state index is 9.95. The Labute approximate surface area is 94.6 Å². The van der Waals surface area contributed by atoms with Crippen LogP contribution >= 0.6 is 11.8 Å². The number of phenolic OH excluding ortho intramolecular Hbond substituents is 1. The van der Waals surface area contributed by atoms with Crippen LogP contribution < -0.4 is 4.74 Å². The fourth-order valence-corrected chi connectivity index (χ4v) is 2.99. The summed E-state index contributed by atoms with van der Waals surface area (Å²) in [4.78, 5) is 0.860. The van der Waals surface area contributed by atoms with Gasteiger partial charge in [0.05, 0.1) is 4.90 Å². The molecule has 1 aromatic carbocycles. The monoisotopic (exact) mass is 224 g/mol. The van der Waals surface area contributed by atoms with Gasteiger partial charge in [-0.1, -0.05) is 11.8 Å². The summed E-state index contributed by atoms with van der Waals surface area (Å²) in [5, 5.41) is 9.95. The second-order valence-electron chi connectivity index (χ2n) is 4.49. The van der Waals surface area contributed by atoms with Crippen molar-refractivity contribution in [2.24, 2.45) is 0 Å². The van der Waals surface area contributed by atoms with E-state index in [9.17, 15) is 5.11 Å². The number of thioether (sulfide) groups is 1. The fourth-order valence-electron chi connectivity index (χ4n) is 1.84. The van der Waals surface area contributed by atoms with E-state index >= 15 is 0 Å². The summed E-state index contributed by atoms with van der Waals surface area (Å²) in [7, 11) is 0. The molecular formula is C12H16O2S. The van der Waals surface area contributed by atoms with Gasteiger partial charge >= 0.3 is 0 Å². The maximum absolute atomic E-state index is 9.95. The third-order valence-corrected chi connectivity index (χ3v) is 4.13. The Balaban J connectivity index is 2.69. The molecule has 0 unspecified atom stereocenters. The number of benzene rings is 1. The molecule has 0 bridgehead atoms. The summed E-state index contributed by atoms with van der Waals surface area (Å²) < 4.78 is 5.89. The highest BCUT2D eigenvalue weighted by molar-refractivity contribution is 8.00. The van der Waals surface area contributed by atoms with Crippen LogP contribution in [0.1, 0.15) is 30.5 Å². The predicted molar refractivity (Wildman–Crippen MR) is 62.9 cm³/mol. The number of hydrogen-bond donors (Lipinski definition) is 1. The first-order valence-corrected chi connectivity index (χ1v) is 5.86. The lowest BCUT2D eigenvalue weighted by Gasteiger charge is -2.16. The topological polar surface area (TPSA) is 29.5 Å². The van der Waals surface area contributed by atoms with Crippen molar-refractivity contribution in [2.45, 2.75) is 44.4 Å². The first-order valence-electron chi connectivity index (χ1n) is 5.04. The smallest absolute Gasteiger partial charge is 0.153 e. The molecule has 0 atom stereocenters. The van der Waals surface area contributed by atoms with Gasteiger partial charge in [-0.25, -0.2) is 0 Å². The Kier molecular flexibility index (Phi) is 2.19. The molecule has 1 aliphatic rings. The van der Waals surface area contributed by atoms with Crippen molar-refractivity contribution in [2.75, 3.05) is 0 Å². The number of rotatable bonds is 0. The molecule has 1 N–H and O–H groups in total. The van der Waals surface area contributed by atoms with Crippen LogP contribution in [-0.2, 0) is 0 Å². The highest BCUT2D eigenvalue weighted by Crippen LogP contribution is 2.53. The van der Waals surface area contributed by atoms with Crippen molar-refractivity contribution in [3.8, 4) is 11.5 Å². The van der Waals surface area contributed by atoms with Crippen molar-refractivity contribution in [3.63, 3.8) is 0 Å². The molecule has 1 aliphatic heterocycles. The number of aromatic hydroxyl groups is 1. The Morgan fingerprint density at radius 1 is 1.07 bits per heavy atom. The second kappa shape index (κ2) is 3.08.